The minimum Gasteiger partial charge on any atom is -0.366 e. The lowest BCUT2D eigenvalue weighted by Gasteiger charge is -2.34. The van der Waals surface area contributed by atoms with E-state index in [9.17, 15) is 9.59 Å². The van der Waals surface area contributed by atoms with E-state index in [0.29, 0.717) is 24.1 Å². The van der Waals surface area contributed by atoms with Crippen LogP contribution in [0.2, 0.25) is 0 Å². The van der Waals surface area contributed by atoms with E-state index in [1.165, 1.54) is 32.1 Å². The minimum absolute atomic E-state index is 0.0262. The molecule has 0 spiro atoms. The van der Waals surface area contributed by atoms with Gasteiger partial charge in [0.25, 0.3) is 0 Å². The fourth-order valence-electron chi connectivity index (χ4n) is 3.48. The Kier molecular flexibility index (Phi) is 5.38. The van der Waals surface area contributed by atoms with Crippen molar-refractivity contribution in [3.63, 3.8) is 0 Å². The summed E-state index contributed by atoms with van der Waals surface area (Å²) in [4.78, 5) is 26.0. The zero-order valence-corrected chi connectivity index (χ0v) is 14.2. The zero-order chi connectivity index (χ0) is 16.9. The molecular formula is C19H27N3O2. The van der Waals surface area contributed by atoms with Gasteiger partial charge < -0.3 is 16.0 Å². The molecule has 2 aliphatic carbocycles. The van der Waals surface area contributed by atoms with E-state index in [0.717, 1.165) is 24.9 Å². The van der Waals surface area contributed by atoms with Crippen LogP contribution in [0.3, 0.4) is 0 Å². The normalized spacial score (nSPS) is 18.2. The van der Waals surface area contributed by atoms with Crippen LogP contribution in [-0.2, 0) is 6.54 Å². The summed E-state index contributed by atoms with van der Waals surface area (Å²) in [7, 11) is 0. The van der Waals surface area contributed by atoms with Gasteiger partial charge in [-0.1, -0.05) is 31.4 Å². The van der Waals surface area contributed by atoms with Crippen LogP contribution in [0.4, 0.5) is 4.79 Å². The van der Waals surface area contributed by atoms with Gasteiger partial charge in [-0.2, -0.15) is 0 Å². The lowest BCUT2D eigenvalue weighted by molar-refractivity contribution is 0.1000. The summed E-state index contributed by atoms with van der Waals surface area (Å²) >= 11 is 0. The Morgan fingerprint density at radius 2 is 1.88 bits per heavy atom. The molecule has 0 aromatic heterocycles. The Hall–Kier alpha value is -2.04. The maximum Gasteiger partial charge on any atom is 0.317 e. The number of hydrogen-bond acceptors (Lipinski definition) is 2. The molecule has 5 heteroatoms. The van der Waals surface area contributed by atoms with Crippen LogP contribution >= 0.6 is 0 Å². The molecule has 2 fully saturated rings. The van der Waals surface area contributed by atoms with Crippen LogP contribution in [0.5, 0.6) is 0 Å². The Balaban J connectivity index is 1.60. The molecule has 5 nitrogen and oxygen atoms in total. The molecule has 0 radical (unpaired) electrons. The van der Waals surface area contributed by atoms with Gasteiger partial charge >= 0.3 is 6.03 Å². The van der Waals surface area contributed by atoms with Gasteiger partial charge in [-0.25, -0.2) is 4.79 Å². The number of nitrogens with zero attached hydrogens (tertiary/aromatic N) is 1. The summed E-state index contributed by atoms with van der Waals surface area (Å²) in [5.74, 6) is 0.247. The number of carbonyl (C=O) groups excluding carboxylic acids is 2. The Morgan fingerprint density at radius 3 is 2.54 bits per heavy atom. The third kappa shape index (κ3) is 4.49. The highest BCUT2D eigenvalue weighted by Gasteiger charge is 2.31. The van der Waals surface area contributed by atoms with Gasteiger partial charge in [0.2, 0.25) is 5.91 Å². The fraction of sp³-hybridized carbons (Fsp3) is 0.579. The van der Waals surface area contributed by atoms with Crippen molar-refractivity contribution in [3.05, 3.63) is 35.4 Å². The molecule has 2 saturated carbocycles. The lowest BCUT2D eigenvalue weighted by Crippen LogP contribution is -2.47. The van der Waals surface area contributed by atoms with Crippen LogP contribution in [0.25, 0.3) is 0 Å². The number of nitrogens with one attached hydrogen (secondary N) is 1. The highest BCUT2D eigenvalue weighted by molar-refractivity contribution is 5.92. The van der Waals surface area contributed by atoms with Gasteiger partial charge in [0, 0.05) is 24.7 Å². The number of benzene rings is 1. The number of amides is 3. The van der Waals surface area contributed by atoms with E-state index in [4.69, 9.17) is 5.73 Å². The molecule has 0 saturated heterocycles. The molecule has 2 aliphatic rings. The summed E-state index contributed by atoms with van der Waals surface area (Å²) in [6.45, 7) is 1.31. The summed E-state index contributed by atoms with van der Waals surface area (Å²) in [6, 6.07) is 7.54. The van der Waals surface area contributed by atoms with Crippen LogP contribution in [-0.4, -0.2) is 29.4 Å². The number of rotatable bonds is 6. The number of hydrogen-bond donors (Lipinski definition) is 2. The van der Waals surface area contributed by atoms with Crippen LogP contribution < -0.4 is 11.1 Å². The maximum absolute atomic E-state index is 12.7. The molecule has 0 aliphatic heterocycles. The lowest BCUT2D eigenvalue weighted by atomic mass is 9.94. The fourth-order valence-corrected chi connectivity index (χ4v) is 3.48. The zero-order valence-electron chi connectivity index (χ0n) is 14.2. The van der Waals surface area contributed by atoms with Crippen LogP contribution in [0, 0.1) is 5.92 Å². The Labute approximate surface area is 143 Å². The number of carbonyl (C=O) groups is 2. The van der Waals surface area contributed by atoms with Crippen molar-refractivity contribution in [2.75, 3.05) is 6.54 Å². The second kappa shape index (κ2) is 7.69. The van der Waals surface area contributed by atoms with Crippen molar-refractivity contribution in [1.82, 2.24) is 10.2 Å². The topological polar surface area (TPSA) is 75.4 Å². The molecule has 0 bridgehead atoms. The highest BCUT2D eigenvalue weighted by Crippen LogP contribution is 2.32. The average Bonchev–Trinajstić information content (AvgIpc) is 3.43. The summed E-state index contributed by atoms with van der Waals surface area (Å²) in [5, 5.41) is 3.03. The van der Waals surface area contributed by atoms with Gasteiger partial charge in [-0.05, 0) is 49.3 Å². The number of nitrogens with two attached hydrogens (primary N) is 1. The van der Waals surface area contributed by atoms with E-state index >= 15 is 0 Å². The minimum atomic E-state index is -0.444. The van der Waals surface area contributed by atoms with Gasteiger partial charge in [0.05, 0.1) is 0 Å². The molecule has 0 unspecified atom stereocenters. The first kappa shape index (κ1) is 16.8. The van der Waals surface area contributed by atoms with Gasteiger partial charge in [0.1, 0.15) is 0 Å². The summed E-state index contributed by atoms with van der Waals surface area (Å²) in [6.07, 6.45) is 8.47. The van der Waals surface area contributed by atoms with E-state index in [-0.39, 0.29) is 6.03 Å². The second-order valence-corrected chi connectivity index (χ2v) is 7.11. The monoisotopic (exact) mass is 329 g/mol. The van der Waals surface area contributed by atoms with Crippen molar-refractivity contribution in [1.29, 1.82) is 0 Å². The van der Waals surface area contributed by atoms with Crippen molar-refractivity contribution in [2.45, 2.75) is 57.5 Å². The van der Waals surface area contributed by atoms with E-state index in [2.05, 4.69) is 10.2 Å². The molecular weight excluding hydrogens is 302 g/mol. The predicted octanol–water partition coefficient (Wildman–Crippen LogP) is 3.04. The average molecular weight is 329 g/mol. The van der Waals surface area contributed by atoms with Gasteiger partial charge in [-0.3, -0.25) is 4.79 Å². The largest absolute Gasteiger partial charge is 0.366 e. The number of primary amides is 1. The molecule has 3 amide bonds. The molecule has 0 heterocycles. The molecule has 24 heavy (non-hydrogen) atoms. The Bertz CT molecular complexity index is 592. The highest BCUT2D eigenvalue weighted by atomic mass is 16.2. The smallest absolute Gasteiger partial charge is 0.317 e. The first-order valence-electron chi connectivity index (χ1n) is 9.06. The quantitative estimate of drug-likeness (QED) is 0.841. The maximum atomic E-state index is 12.7. The predicted molar refractivity (Wildman–Crippen MR) is 93.5 cm³/mol. The molecule has 0 atom stereocenters. The van der Waals surface area contributed by atoms with Crippen LogP contribution in [0.1, 0.15) is 60.9 Å². The molecule has 130 valence electrons. The van der Waals surface area contributed by atoms with Crippen molar-refractivity contribution in [3.8, 4) is 0 Å². The van der Waals surface area contributed by atoms with Gasteiger partial charge in [-0.15, -0.1) is 0 Å². The molecule has 3 rings (SSSR count). The second-order valence-electron chi connectivity index (χ2n) is 7.11. The van der Waals surface area contributed by atoms with Crippen molar-refractivity contribution in [2.24, 2.45) is 11.7 Å². The first-order chi connectivity index (χ1) is 11.6. The SMILES string of the molecule is NC(=O)c1cccc(CNC(=O)N(CC2CC2)C2CCCCC2)c1. The first-order valence-corrected chi connectivity index (χ1v) is 9.06. The van der Waals surface area contributed by atoms with E-state index in [1.807, 2.05) is 6.07 Å². The third-order valence-corrected chi connectivity index (χ3v) is 5.08. The van der Waals surface area contributed by atoms with Gasteiger partial charge in [0.15, 0.2) is 0 Å². The molecule has 1 aromatic rings. The van der Waals surface area contributed by atoms with Crippen molar-refractivity contribution >= 4 is 11.9 Å². The van der Waals surface area contributed by atoms with Crippen LogP contribution in [0.15, 0.2) is 24.3 Å². The molecule has 3 N–H and O–H groups in total. The Morgan fingerprint density at radius 1 is 1.12 bits per heavy atom. The van der Waals surface area contributed by atoms with Crippen molar-refractivity contribution < 1.29 is 9.59 Å². The summed E-state index contributed by atoms with van der Waals surface area (Å²) in [5.41, 5.74) is 6.69. The third-order valence-electron chi connectivity index (χ3n) is 5.08. The number of urea groups is 1. The van der Waals surface area contributed by atoms with E-state index in [1.54, 1.807) is 18.2 Å². The summed E-state index contributed by atoms with van der Waals surface area (Å²) < 4.78 is 0. The van der Waals surface area contributed by atoms with E-state index < -0.39 is 5.91 Å². The molecule has 1 aromatic carbocycles. The standard InChI is InChI=1S/C19H27N3O2/c20-18(23)16-6-4-5-15(11-16)12-21-19(24)22(13-14-9-10-14)17-7-2-1-3-8-17/h4-6,11,14,17H,1-3,7-10,12-13H2,(H2,20,23)(H,21,24).